The van der Waals surface area contributed by atoms with Gasteiger partial charge in [-0.3, -0.25) is 0 Å². The molecule has 0 aromatic carbocycles. The van der Waals surface area contributed by atoms with Gasteiger partial charge < -0.3 is 30.4 Å². The average Bonchev–Trinajstić information content (AvgIpc) is 3.12. The molecule has 0 saturated heterocycles. The number of carbonyl (C=O) groups excluding carboxylic acids is 1. The molecule has 0 aromatic rings. The van der Waals surface area contributed by atoms with E-state index < -0.39 is 46.2 Å². The van der Waals surface area contributed by atoms with Crippen LogP contribution in [0.15, 0.2) is 23.3 Å². The Hall–Kier alpha value is -1.29. The van der Waals surface area contributed by atoms with E-state index in [2.05, 4.69) is 40.7 Å². The monoisotopic (exact) mass is 657 g/mol. The van der Waals surface area contributed by atoms with Crippen LogP contribution in [-0.4, -0.2) is 78.8 Å². The third kappa shape index (κ3) is 4.43. The first kappa shape index (κ1) is 35.5. The molecular weight excluding hydrogens is 594 g/mol. The van der Waals surface area contributed by atoms with Gasteiger partial charge in [0.05, 0.1) is 46.5 Å². The molecule has 5 N–H and O–H groups in total. The molecule has 8 nitrogen and oxygen atoms in total. The summed E-state index contributed by atoms with van der Waals surface area (Å²) in [6.07, 6.45) is 6.04. The number of hydrogen-bond acceptors (Lipinski definition) is 8. The predicted molar refractivity (Wildman–Crippen MR) is 180 cm³/mol. The molecule has 0 bridgehead atoms. The SMILES string of the molecule is CC1(C)C[C@H]2C3=CCC4[C@@]5(C)CC[C@H](O)C(C)(C)C5CC[C@@]4(C)[C@]3(C)C[C@H](O)[C@@]2(COC(=O)C2=CC(C)(C)N(O)C2(C)C)C(O)C1O. The minimum Gasteiger partial charge on any atom is -0.461 e. The zero-order valence-electron chi connectivity index (χ0n) is 30.9. The quantitative estimate of drug-likeness (QED) is 0.190. The highest BCUT2D eigenvalue weighted by molar-refractivity contribution is 5.92. The van der Waals surface area contributed by atoms with Crippen molar-refractivity contribution in [1.82, 2.24) is 5.06 Å². The highest BCUT2D eigenvalue weighted by atomic mass is 16.5. The Bertz CT molecular complexity index is 1380. The van der Waals surface area contributed by atoms with E-state index in [0.717, 1.165) is 37.2 Å². The van der Waals surface area contributed by atoms with Crippen LogP contribution in [0.3, 0.4) is 0 Å². The van der Waals surface area contributed by atoms with Crippen LogP contribution < -0.4 is 0 Å². The zero-order valence-corrected chi connectivity index (χ0v) is 30.9. The van der Waals surface area contributed by atoms with E-state index in [1.54, 1.807) is 19.9 Å². The number of rotatable bonds is 3. The molecule has 0 aromatic heterocycles. The van der Waals surface area contributed by atoms with Crippen molar-refractivity contribution in [3.63, 3.8) is 0 Å². The molecule has 6 rings (SSSR count). The van der Waals surface area contributed by atoms with Crippen LogP contribution in [0.4, 0.5) is 0 Å². The fraction of sp³-hybridized carbons (Fsp3) is 0.872. The lowest BCUT2D eigenvalue weighted by Gasteiger charge is -2.72. The van der Waals surface area contributed by atoms with Gasteiger partial charge in [0.25, 0.3) is 0 Å². The van der Waals surface area contributed by atoms with Crippen LogP contribution in [0.2, 0.25) is 0 Å². The zero-order chi connectivity index (χ0) is 35.1. The lowest BCUT2D eigenvalue weighted by atomic mass is 9.33. The summed E-state index contributed by atoms with van der Waals surface area (Å²) in [5.41, 5.74) is -2.70. The van der Waals surface area contributed by atoms with Crippen molar-refractivity contribution in [3.05, 3.63) is 23.3 Å². The maximum atomic E-state index is 13.8. The Morgan fingerprint density at radius 1 is 0.851 bits per heavy atom. The predicted octanol–water partition coefficient (Wildman–Crippen LogP) is 5.79. The van der Waals surface area contributed by atoms with Crippen molar-refractivity contribution in [2.45, 2.75) is 157 Å². The fourth-order valence-corrected chi connectivity index (χ4v) is 12.9. The largest absolute Gasteiger partial charge is 0.461 e. The summed E-state index contributed by atoms with van der Waals surface area (Å²) in [7, 11) is 0. The number of fused-ring (bicyclic) bond motifs is 7. The van der Waals surface area contributed by atoms with Gasteiger partial charge in [0.1, 0.15) is 6.61 Å². The smallest absolute Gasteiger partial charge is 0.335 e. The summed E-state index contributed by atoms with van der Waals surface area (Å²) in [5, 5.41) is 59.1. The number of nitrogens with zero attached hydrogens (tertiary/aromatic N) is 1. The lowest BCUT2D eigenvalue weighted by Crippen LogP contribution is -2.71. The first-order valence-electron chi connectivity index (χ1n) is 18.2. The first-order chi connectivity index (χ1) is 21.4. The van der Waals surface area contributed by atoms with Crippen molar-refractivity contribution in [1.29, 1.82) is 0 Å². The molecule has 266 valence electrons. The van der Waals surface area contributed by atoms with Crippen LogP contribution in [0.25, 0.3) is 0 Å². The lowest BCUT2D eigenvalue weighted by molar-refractivity contribution is -0.259. The molecule has 1 heterocycles. The summed E-state index contributed by atoms with van der Waals surface area (Å²) < 4.78 is 6.10. The fourth-order valence-electron chi connectivity index (χ4n) is 12.9. The van der Waals surface area contributed by atoms with Gasteiger partial charge in [-0.25, -0.2) is 4.79 Å². The van der Waals surface area contributed by atoms with Crippen molar-refractivity contribution in [2.75, 3.05) is 6.61 Å². The Morgan fingerprint density at radius 3 is 2.09 bits per heavy atom. The molecule has 5 aliphatic carbocycles. The standard InChI is InChI=1S/C39H63NO7/c1-32(2)18-23-22-12-13-26-36(9)16-15-27(41)34(5,6)25(36)14-17-37(26,10)38(22,11)20-28(42)39(23,30(44)29(32)43)21-47-31(45)24-19-33(3,4)40(46)35(24,7)8/h12,19,23,25-30,41-44,46H,13-18,20-21H2,1-11H3/t23-,25?,26?,27-,28-,29?,30?,36-,37+,38+,39-/m0/s1. The topological polar surface area (TPSA) is 131 Å². The van der Waals surface area contributed by atoms with Gasteiger partial charge in [0.2, 0.25) is 0 Å². The Kier molecular flexibility index (Phi) is 7.85. The molecule has 47 heavy (non-hydrogen) atoms. The van der Waals surface area contributed by atoms with Gasteiger partial charge in [-0.05, 0) is 117 Å². The second kappa shape index (κ2) is 10.4. The van der Waals surface area contributed by atoms with E-state index in [0.29, 0.717) is 30.3 Å². The van der Waals surface area contributed by atoms with Crippen LogP contribution in [0.1, 0.15) is 121 Å². The molecule has 0 spiro atoms. The maximum absolute atomic E-state index is 13.8. The molecule has 0 radical (unpaired) electrons. The van der Waals surface area contributed by atoms with Crippen LogP contribution in [0.5, 0.6) is 0 Å². The van der Waals surface area contributed by atoms with Gasteiger partial charge in [-0.2, -0.15) is 5.06 Å². The summed E-state index contributed by atoms with van der Waals surface area (Å²) in [4.78, 5) is 13.8. The molecule has 4 fully saturated rings. The van der Waals surface area contributed by atoms with Crippen molar-refractivity contribution < 1.29 is 35.2 Å². The minimum atomic E-state index is -1.31. The Balaban J connectivity index is 1.40. The third-order valence-electron chi connectivity index (χ3n) is 16.0. The summed E-state index contributed by atoms with van der Waals surface area (Å²) in [6.45, 7) is 22.6. The molecular formula is C39H63NO7. The second-order valence-electron chi connectivity index (χ2n) is 19.8. The molecule has 1 aliphatic heterocycles. The van der Waals surface area contributed by atoms with E-state index in [-0.39, 0.29) is 40.3 Å². The van der Waals surface area contributed by atoms with Gasteiger partial charge in [-0.15, -0.1) is 0 Å². The normalized spacial score (nSPS) is 49.4. The van der Waals surface area contributed by atoms with Crippen molar-refractivity contribution >= 4 is 5.97 Å². The van der Waals surface area contributed by atoms with E-state index in [1.165, 1.54) is 5.57 Å². The van der Waals surface area contributed by atoms with Crippen LogP contribution in [-0.2, 0) is 9.53 Å². The van der Waals surface area contributed by atoms with Gasteiger partial charge in [0.15, 0.2) is 0 Å². The molecule has 11 atom stereocenters. The van der Waals surface area contributed by atoms with Crippen molar-refractivity contribution in [3.8, 4) is 0 Å². The molecule has 8 heteroatoms. The molecule has 4 saturated carbocycles. The Morgan fingerprint density at radius 2 is 1.49 bits per heavy atom. The number of aliphatic hydroxyl groups excluding tert-OH is 4. The first-order valence-corrected chi connectivity index (χ1v) is 18.2. The number of hydroxylamine groups is 2. The van der Waals surface area contributed by atoms with Crippen molar-refractivity contribution in [2.24, 2.45) is 50.2 Å². The molecule has 0 amide bonds. The van der Waals surface area contributed by atoms with Crippen LogP contribution >= 0.6 is 0 Å². The number of hydrogen-bond donors (Lipinski definition) is 5. The average molecular weight is 658 g/mol. The van der Waals surface area contributed by atoms with Gasteiger partial charge >= 0.3 is 5.97 Å². The molecule has 4 unspecified atom stereocenters. The highest BCUT2D eigenvalue weighted by Crippen LogP contribution is 2.75. The van der Waals surface area contributed by atoms with E-state index in [4.69, 9.17) is 4.74 Å². The van der Waals surface area contributed by atoms with Crippen LogP contribution in [0, 0.1) is 50.2 Å². The maximum Gasteiger partial charge on any atom is 0.335 e. The van der Waals surface area contributed by atoms with E-state index in [9.17, 15) is 30.4 Å². The number of aliphatic hydroxyl groups is 4. The van der Waals surface area contributed by atoms with E-state index >= 15 is 0 Å². The highest BCUT2D eigenvalue weighted by Gasteiger charge is 2.72. The summed E-state index contributed by atoms with van der Waals surface area (Å²) in [6, 6.07) is 0. The summed E-state index contributed by atoms with van der Waals surface area (Å²) >= 11 is 0. The number of esters is 1. The number of carbonyl (C=O) groups is 1. The Labute approximate surface area is 282 Å². The second-order valence-corrected chi connectivity index (χ2v) is 19.8. The molecule has 6 aliphatic rings. The third-order valence-corrected chi connectivity index (χ3v) is 16.0. The number of allylic oxidation sites excluding steroid dienone is 2. The van der Waals surface area contributed by atoms with E-state index in [1.807, 2.05) is 27.7 Å². The van der Waals surface area contributed by atoms with Gasteiger partial charge in [0, 0.05) is 0 Å². The minimum absolute atomic E-state index is 0.0491. The van der Waals surface area contributed by atoms with Gasteiger partial charge in [-0.1, -0.05) is 66.2 Å². The summed E-state index contributed by atoms with van der Waals surface area (Å²) in [5.74, 6) is -0.110. The number of ether oxygens (including phenoxy) is 1.